The molecule has 1 amide bonds. The van der Waals surface area contributed by atoms with Gasteiger partial charge in [0.25, 0.3) is 0 Å². The van der Waals surface area contributed by atoms with E-state index in [2.05, 4.69) is 10.3 Å². The number of carbonyl (C=O) groups is 1. The lowest BCUT2D eigenvalue weighted by atomic mass is 9.99. The maximum absolute atomic E-state index is 12.7. The molecule has 1 unspecified atom stereocenters. The minimum atomic E-state index is -4.37. The topological polar surface area (TPSA) is 65.1 Å². The molecule has 4 nitrogen and oxygen atoms in total. The van der Waals surface area contributed by atoms with Crippen LogP contribution in [0.25, 0.3) is 10.9 Å². The second-order valence-electron chi connectivity index (χ2n) is 7.60. The molecule has 3 N–H and O–H groups in total. The van der Waals surface area contributed by atoms with Crippen LogP contribution < -0.4 is 5.32 Å². The summed E-state index contributed by atoms with van der Waals surface area (Å²) in [5.41, 5.74) is 2.44. The number of carbonyl (C=O) groups excluding carboxylic acids is 1. The van der Waals surface area contributed by atoms with Crippen LogP contribution in [0, 0.1) is 5.92 Å². The van der Waals surface area contributed by atoms with Gasteiger partial charge in [-0.1, -0.05) is 18.2 Å². The van der Waals surface area contributed by atoms with Crippen LogP contribution in [0.2, 0.25) is 0 Å². The van der Waals surface area contributed by atoms with Crippen molar-refractivity contribution in [1.82, 2.24) is 4.98 Å². The Bertz CT molecular complexity index is 1020. The van der Waals surface area contributed by atoms with Gasteiger partial charge in [0.15, 0.2) is 0 Å². The largest absolute Gasteiger partial charge is 0.416 e. The summed E-state index contributed by atoms with van der Waals surface area (Å²) in [6.45, 7) is 0. The Morgan fingerprint density at radius 2 is 1.76 bits per heavy atom. The number of H-pyrrole nitrogens is 1. The van der Waals surface area contributed by atoms with Gasteiger partial charge >= 0.3 is 6.18 Å². The third kappa shape index (κ3) is 4.62. The third-order valence-corrected chi connectivity index (χ3v) is 5.18. The fourth-order valence-electron chi connectivity index (χ4n) is 3.42. The van der Waals surface area contributed by atoms with Crippen molar-refractivity contribution in [2.45, 2.75) is 38.0 Å². The Labute approximate surface area is 165 Å². The average Bonchev–Trinajstić information content (AvgIpc) is 3.44. The fourth-order valence-corrected chi connectivity index (χ4v) is 3.42. The molecule has 1 aliphatic carbocycles. The Morgan fingerprint density at radius 1 is 1.10 bits per heavy atom. The molecular formula is C22H21F3N2O2. The van der Waals surface area contributed by atoms with E-state index < -0.39 is 17.8 Å². The number of aromatic nitrogens is 1. The summed E-state index contributed by atoms with van der Waals surface area (Å²) in [5, 5.41) is 14.2. The number of fused-ring (bicyclic) bond motifs is 1. The summed E-state index contributed by atoms with van der Waals surface area (Å²) in [6, 6.07) is 10.6. The van der Waals surface area contributed by atoms with Gasteiger partial charge in [-0.3, -0.25) is 4.79 Å². The number of aliphatic hydroxyl groups excluding tert-OH is 1. The van der Waals surface area contributed by atoms with E-state index in [-0.39, 0.29) is 18.2 Å². The molecular weight excluding hydrogens is 381 g/mol. The van der Waals surface area contributed by atoms with E-state index in [0.29, 0.717) is 12.0 Å². The molecule has 1 heterocycles. The van der Waals surface area contributed by atoms with Gasteiger partial charge in [0, 0.05) is 23.0 Å². The van der Waals surface area contributed by atoms with Gasteiger partial charge in [0.2, 0.25) is 5.91 Å². The van der Waals surface area contributed by atoms with E-state index in [9.17, 15) is 23.1 Å². The maximum Gasteiger partial charge on any atom is 0.416 e. The number of aromatic amines is 1. The minimum absolute atomic E-state index is 0.0265. The van der Waals surface area contributed by atoms with Gasteiger partial charge in [0.05, 0.1) is 17.4 Å². The highest BCUT2D eigenvalue weighted by Gasteiger charge is 2.30. The van der Waals surface area contributed by atoms with Crippen LogP contribution in [0.3, 0.4) is 0 Å². The van der Waals surface area contributed by atoms with Crippen molar-refractivity contribution in [2.75, 3.05) is 5.32 Å². The Kier molecular flexibility index (Phi) is 5.08. The number of alkyl halides is 3. The molecule has 1 fully saturated rings. The predicted octanol–water partition coefficient (Wildman–Crippen LogP) is 4.68. The van der Waals surface area contributed by atoms with Gasteiger partial charge in [-0.2, -0.15) is 13.2 Å². The predicted molar refractivity (Wildman–Crippen MR) is 105 cm³/mol. The van der Waals surface area contributed by atoms with Gasteiger partial charge in [-0.15, -0.1) is 0 Å². The second kappa shape index (κ2) is 7.55. The lowest BCUT2D eigenvalue weighted by Crippen LogP contribution is -2.14. The van der Waals surface area contributed by atoms with E-state index in [1.54, 1.807) is 6.20 Å². The molecule has 7 heteroatoms. The zero-order valence-corrected chi connectivity index (χ0v) is 15.6. The molecule has 0 aliphatic heterocycles. The molecule has 1 aromatic heterocycles. The molecule has 2 aromatic carbocycles. The molecule has 0 saturated heterocycles. The lowest BCUT2D eigenvalue weighted by Gasteiger charge is -2.12. The van der Waals surface area contributed by atoms with E-state index in [4.69, 9.17) is 0 Å². The van der Waals surface area contributed by atoms with Crippen molar-refractivity contribution < 1.29 is 23.1 Å². The average molecular weight is 402 g/mol. The van der Waals surface area contributed by atoms with Crippen molar-refractivity contribution in [3.05, 3.63) is 65.4 Å². The Hall–Kier alpha value is -2.80. The summed E-state index contributed by atoms with van der Waals surface area (Å²) in [4.78, 5) is 15.2. The maximum atomic E-state index is 12.7. The molecule has 1 atom stereocenters. The van der Waals surface area contributed by atoms with Crippen molar-refractivity contribution >= 4 is 22.5 Å². The van der Waals surface area contributed by atoms with Gasteiger partial charge in [0.1, 0.15) is 0 Å². The van der Waals surface area contributed by atoms with Crippen LogP contribution in [0.5, 0.6) is 0 Å². The summed E-state index contributed by atoms with van der Waals surface area (Å²) < 4.78 is 38.0. The molecule has 152 valence electrons. The number of halogens is 3. The first-order chi connectivity index (χ1) is 13.8. The number of hydrogen-bond acceptors (Lipinski definition) is 2. The van der Waals surface area contributed by atoms with Crippen LogP contribution in [0.1, 0.15) is 29.5 Å². The minimum Gasteiger partial charge on any atom is -0.392 e. The van der Waals surface area contributed by atoms with Crippen LogP contribution in [-0.4, -0.2) is 22.1 Å². The first kappa shape index (κ1) is 19.5. The lowest BCUT2D eigenvalue weighted by molar-refractivity contribution is -0.137. The van der Waals surface area contributed by atoms with Gasteiger partial charge < -0.3 is 15.4 Å². The number of rotatable bonds is 6. The molecule has 0 spiro atoms. The number of amides is 1. The number of benzene rings is 2. The molecule has 1 aliphatic rings. The van der Waals surface area contributed by atoms with E-state index in [0.717, 1.165) is 47.1 Å². The molecule has 1 saturated carbocycles. The smallest absolute Gasteiger partial charge is 0.392 e. The zero-order valence-electron chi connectivity index (χ0n) is 15.6. The van der Waals surface area contributed by atoms with Crippen LogP contribution in [0.15, 0.2) is 48.7 Å². The summed E-state index contributed by atoms with van der Waals surface area (Å²) in [6.07, 6.45) is -0.867. The van der Waals surface area contributed by atoms with Crippen molar-refractivity contribution in [2.24, 2.45) is 5.92 Å². The highest BCUT2D eigenvalue weighted by molar-refractivity contribution is 6.03. The third-order valence-electron chi connectivity index (χ3n) is 5.18. The number of nitrogens with one attached hydrogen (secondary N) is 2. The highest BCUT2D eigenvalue weighted by Crippen LogP contribution is 2.32. The monoisotopic (exact) mass is 402 g/mol. The van der Waals surface area contributed by atoms with Gasteiger partial charge in [-0.25, -0.2) is 0 Å². The highest BCUT2D eigenvalue weighted by atomic mass is 19.4. The molecule has 0 bridgehead atoms. The number of aliphatic hydroxyl groups is 1. The van der Waals surface area contributed by atoms with Gasteiger partial charge in [-0.05, 0) is 61.1 Å². The van der Waals surface area contributed by atoms with Crippen molar-refractivity contribution in [3.63, 3.8) is 0 Å². The SMILES string of the molecule is O=C(Nc1c[nH]c2ccc(CC(O)Cc3ccc(C(F)(F)F)cc3)cc12)C1CC1. The first-order valence-electron chi connectivity index (χ1n) is 9.54. The molecule has 29 heavy (non-hydrogen) atoms. The zero-order chi connectivity index (χ0) is 20.6. The number of anilines is 1. The number of hydrogen-bond donors (Lipinski definition) is 3. The van der Waals surface area contributed by atoms with Crippen LogP contribution in [-0.2, 0) is 23.8 Å². The molecule has 4 rings (SSSR count). The Balaban J connectivity index is 1.43. The standard InChI is InChI=1S/C22H21F3N2O2/c23-22(24,25)16-6-1-13(2-7-16)9-17(28)10-14-3-8-19-18(11-14)20(12-26-19)27-21(29)15-4-5-15/h1-3,6-8,11-12,15,17,26,28H,4-5,9-10H2,(H,27,29). The van der Waals surface area contributed by atoms with E-state index in [1.165, 1.54) is 12.1 Å². The quantitative estimate of drug-likeness (QED) is 0.561. The second-order valence-corrected chi connectivity index (χ2v) is 7.60. The summed E-state index contributed by atoms with van der Waals surface area (Å²) in [7, 11) is 0. The summed E-state index contributed by atoms with van der Waals surface area (Å²) >= 11 is 0. The first-order valence-corrected chi connectivity index (χ1v) is 9.54. The van der Waals surface area contributed by atoms with Crippen LogP contribution >= 0.6 is 0 Å². The summed E-state index contributed by atoms with van der Waals surface area (Å²) in [5.74, 6) is 0.132. The molecule has 0 radical (unpaired) electrons. The van der Waals surface area contributed by atoms with Crippen molar-refractivity contribution in [3.8, 4) is 0 Å². The van der Waals surface area contributed by atoms with Crippen molar-refractivity contribution in [1.29, 1.82) is 0 Å². The van der Waals surface area contributed by atoms with E-state index in [1.807, 2.05) is 18.2 Å². The normalized spacial score (nSPS) is 15.4. The van der Waals surface area contributed by atoms with E-state index >= 15 is 0 Å². The van der Waals surface area contributed by atoms with Crippen LogP contribution in [0.4, 0.5) is 18.9 Å². The fraction of sp³-hybridized carbons (Fsp3) is 0.318. The Morgan fingerprint density at radius 3 is 2.41 bits per heavy atom. The molecule has 3 aromatic rings.